The summed E-state index contributed by atoms with van der Waals surface area (Å²) in [5.41, 5.74) is 1.69. The summed E-state index contributed by atoms with van der Waals surface area (Å²) in [6.07, 6.45) is 0. The highest BCUT2D eigenvalue weighted by Crippen LogP contribution is 2.42. The van der Waals surface area contributed by atoms with Gasteiger partial charge in [-0.25, -0.2) is 4.79 Å². The van der Waals surface area contributed by atoms with Crippen LogP contribution in [0.5, 0.6) is 0 Å². The van der Waals surface area contributed by atoms with Gasteiger partial charge < -0.3 is 10.4 Å². The number of benzene rings is 2. The van der Waals surface area contributed by atoms with Crippen molar-refractivity contribution >= 4 is 58.1 Å². The molecule has 0 radical (unpaired) electrons. The SMILES string of the molecule is CC1C(C(=O)N[C@@H](C(=O)O)C(C)C)=NN(c2ccc(Cl)cc2Cl)C1c1ccc(Cl)cc1. The van der Waals surface area contributed by atoms with Crippen LogP contribution in [0.4, 0.5) is 5.69 Å². The Morgan fingerprint density at radius 1 is 1.06 bits per heavy atom. The Morgan fingerprint density at radius 3 is 2.23 bits per heavy atom. The van der Waals surface area contributed by atoms with Crippen molar-refractivity contribution in [3.63, 3.8) is 0 Å². The molecule has 1 heterocycles. The fraction of sp³-hybridized carbons (Fsp3) is 0.318. The number of carbonyl (C=O) groups is 2. The maximum atomic E-state index is 13.0. The lowest BCUT2D eigenvalue weighted by molar-refractivity contribution is -0.142. The van der Waals surface area contributed by atoms with Crippen molar-refractivity contribution in [1.29, 1.82) is 0 Å². The van der Waals surface area contributed by atoms with Gasteiger partial charge in [-0.15, -0.1) is 0 Å². The third-order valence-electron chi connectivity index (χ3n) is 5.20. The normalized spacial score (nSPS) is 19.3. The molecule has 0 saturated carbocycles. The van der Waals surface area contributed by atoms with E-state index in [2.05, 4.69) is 10.4 Å². The van der Waals surface area contributed by atoms with Crippen molar-refractivity contribution in [1.82, 2.24) is 5.32 Å². The molecule has 1 aliphatic rings. The number of amides is 1. The summed E-state index contributed by atoms with van der Waals surface area (Å²) in [4.78, 5) is 24.6. The third-order valence-corrected chi connectivity index (χ3v) is 5.99. The molecule has 2 aromatic carbocycles. The molecule has 6 nitrogen and oxygen atoms in total. The molecule has 0 saturated heterocycles. The zero-order valence-corrected chi connectivity index (χ0v) is 19.4. The zero-order valence-electron chi connectivity index (χ0n) is 17.1. The van der Waals surface area contributed by atoms with Gasteiger partial charge >= 0.3 is 5.97 Å². The maximum Gasteiger partial charge on any atom is 0.326 e. The Morgan fingerprint density at radius 2 is 1.68 bits per heavy atom. The lowest BCUT2D eigenvalue weighted by Crippen LogP contribution is -2.47. The quantitative estimate of drug-likeness (QED) is 0.575. The van der Waals surface area contributed by atoms with Crippen molar-refractivity contribution in [2.75, 3.05) is 5.01 Å². The summed E-state index contributed by atoms with van der Waals surface area (Å²) in [5, 5.41) is 19.7. The summed E-state index contributed by atoms with van der Waals surface area (Å²) < 4.78 is 0. The summed E-state index contributed by atoms with van der Waals surface area (Å²) >= 11 is 18.5. The predicted octanol–water partition coefficient (Wildman–Crippen LogP) is 5.43. The van der Waals surface area contributed by atoms with Crippen LogP contribution in [-0.2, 0) is 9.59 Å². The number of anilines is 1. The van der Waals surface area contributed by atoms with Crippen LogP contribution < -0.4 is 10.3 Å². The highest BCUT2D eigenvalue weighted by Gasteiger charge is 2.41. The minimum atomic E-state index is -1.10. The molecule has 0 bridgehead atoms. The van der Waals surface area contributed by atoms with E-state index in [1.165, 1.54) is 0 Å². The second kappa shape index (κ2) is 9.47. The standard InChI is InChI=1S/C22H22Cl3N3O3/c1-11(2)18(22(30)31)26-21(29)19-12(3)20(13-4-6-14(23)7-5-13)28(27-19)17-9-8-15(24)10-16(17)25/h4-12,18,20H,1-3H3,(H,26,29)(H,30,31)/t12?,18-,20?/m1/s1. The van der Waals surface area contributed by atoms with Crippen LogP contribution >= 0.6 is 34.8 Å². The van der Waals surface area contributed by atoms with E-state index in [1.54, 1.807) is 49.2 Å². The fourth-order valence-corrected chi connectivity index (χ4v) is 4.19. The largest absolute Gasteiger partial charge is 0.480 e. The number of hydrogen-bond donors (Lipinski definition) is 2. The van der Waals surface area contributed by atoms with Gasteiger partial charge in [0.25, 0.3) is 5.91 Å². The van der Waals surface area contributed by atoms with Gasteiger partial charge in [0.1, 0.15) is 11.8 Å². The highest BCUT2D eigenvalue weighted by atomic mass is 35.5. The molecule has 164 valence electrons. The Kier molecular flexibility index (Phi) is 7.14. The first-order chi connectivity index (χ1) is 14.6. The second-order valence-electron chi connectivity index (χ2n) is 7.74. The molecule has 2 aromatic rings. The van der Waals surface area contributed by atoms with Gasteiger partial charge in [0.15, 0.2) is 0 Å². The summed E-state index contributed by atoms with van der Waals surface area (Å²) in [6, 6.07) is 10.9. The molecule has 3 rings (SSSR count). The molecular weight excluding hydrogens is 461 g/mol. The van der Waals surface area contributed by atoms with Crippen LogP contribution in [0.15, 0.2) is 47.6 Å². The van der Waals surface area contributed by atoms with E-state index in [1.807, 2.05) is 19.1 Å². The molecule has 31 heavy (non-hydrogen) atoms. The van der Waals surface area contributed by atoms with Crippen LogP contribution in [0.1, 0.15) is 32.4 Å². The smallest absolute Gasteiger partial charge is 0.326 e. The van der Waals surface area contributed by atoms with E-state index < -0.39 is 17.9 Å². The molecule has 3 atom stereocenters. The van der Waals surface area contributed by atoms with Crippen molar-refractivity contribution < 1.29 is 14.7 Å². The number of carbonyl (C=O) groups excluding carboxylic acids is 1. The summed E-state index contributed by atoms with van der Waals surface area (Å²) in [5.74, 6) is -2.26. The lowest BCUT2D eigenvalue weighted by Gasteiger charge is -2.27. The molecule has 2 N–H and O–H groups in total. The molecule has 1 amide bonds. The van der Waals surface area contributed by atoms with E-state index in [9.17, 15) is 14.7 Å². The number of rotatable bonds is 6. The molecule has 0 aliphatic carbocycles. The number of aliphatic carboxylic acids is 1. The molecule has 0 spiro atoms. The number of hydrogen-bond acceptors (Lipinski definition) is 4. The predicted molar refractivity (Wildman–Crippen MR) is 124 cm³/mol. The van der Waals surface area contributed by atoms with Crippen LogP contribution in [0.2, 0.25) is 15.1 Å². The molecule has 9 heteroatoms. The number of nitrogens with one attached hydrogen (secondary N) is 1. The summed E-state index contributed by atoms with van der Waals surface area (Å²) in [7, 11) is 0. The van der Waals surface area contributed by atoms with Crippen molar-refractivity contribution in [3.05, 3.63) is 63.1 Å². The van der Waals surface area contributed by atoms with Gasteiger partial charge in [-0.2, -0.15) is 5.10 Å². The highest BCUT2D eigenvalue weighted by molar-refractivity contribution is 6.41. The van der Waals surface area contributed by atoms with Crippen LogP contribution in [0, 0.1) is 11.8 Å². The van der Waals surface area contributed by atoms with Crippen molar-refractivity contribution in [2.24, 2.45) is 16.9 Å². The third kappa shape index (κ3) is 4.97. The van der Waals surface area contributed by atoms with Gasteiger partial charge in [-0.1, -0.05) is 67.7 Å². The van der Waals surface area contributed by atoms with Gasteiger partial charge in [0.2, 0.25) is 0 Å². The average molecular weight is 483 g/mol. The van der Waals surface area contributed by atoms with Crippen LogP contribution in [0.3, 0.4) is 0 Å². The van der Waals surface area contributed by atoms with E-state index in [0.29, 0.717) is 20.8 Å². The minimum Gasteiger partial charge on any atom is -0.480 e. The van der Waals surface area contributed by atoms with Gasteiger partial charge in [-0.05, 0) is 41.8 Å². The molecule has 0 fully saturated rings. The monoisotopic (exact) mass is 481 g/mol. The Balaban J connectivity index is 2.03. The van der Waals surface area contributed by atoms with E-state index in [-0.39, 0.29) is 23.6 Å². The molecular formula is C22H22Cl3N3O3. The first-order valence-corrected chi connectivity index (χ1v) is 10.9. The number of carboxylic acid groups (broad SMARTS) is 1. The minimum absolute atomic E-state index is 0.220. The average Bonchev–Trinajstić information content (AvgIpc) is 3.03. The van der Waals surface area contributed by atoms with Crippen molar-refractivity contribution in [3.8, 4) is 0 Å². The lowest BCUT2D eigenvalue weighted by atomic mass is 9.90. The van der Waals surface area contributed by atoms with Crippen molar-refractivity contribution in [2.45, 2.75) is 32.9 Å². The Bertz CT molecular complexity index is 1020. The molecule has 2 unspecified atom stereocenters. The zero-order chi connectivity index (χ0) is 22.9. The Labute approximate surface area is 195 Å². The number of halogens is 3. The van der Waals surface area contributed by atoms with Crippen LogP contribution in [0.25, 0.3) is 0 Å². The fourth-order valence-electron chi connectivity index (χ4n) is 3.57. The van der Waals surface area contributed by atoms with E-state index in [4.69, 9.17) is 34.8 Å². The second-order valence-corrected chi connectivity index (χ2v) is 9.02. The van der Waals surface area contributed by atoms with Gasteiger partial charge in [0, 0.05) is 16.0 Å². The van der Waals surface area contributed by atoms with Gasteiger partial charge in [0.05, 0.1) is 16.8 Å². The number of nitrogens with zero attached hydrogens (tertiary/aromatic N) is 2. The van der Waals surface area contributed by atoms with E-state index in [0.717, 1.165) is 5.56 Å². The first-order valence-electron chi connectivity index (χ1n) is 9.72. The number of hydrazone groups is 1. The molecule has 0 aromatic heterocycles. The number of carboxylic acids is 1. The van der Waals surface area contributed by atoms with Crippen LogP contribution in [-0.4, -0.2) is 28.7 Å². The Hall–Kier alpha value is -2.28. The van der Waals surface area contributed by atoms with Gasteiger partial charge in [-0.3, -0.25) is 9.80 Å². The first kappa shape index (κ1) is 23.4. The topological polar surface area (TPSA) is 82.0 Å². The van der Waals surface area contributed by atoms with E-state index >= 15 is 0 Å². The maximum absolute atomic E-state index is 13.0. The molecule has 1 aliphatic heterocycles. The summed E-state index contributed by atoms with van der Waals surface area (Å²) in [6.45, 7) is 5.33.